The van der Waals surface area contributed by atoms with E-state index in [1.807, 2.05) is 18.2 Å². The second-order valence-corrected chi connectivity index (χ2v) is 4.72. The highest BCUT2D eigenvalue weighted by Crippen LogP contribution is 2.16. The Morgan fingerprint density at radius 1 is 1.28 bits per heavy atom. The molecule has 1 aromatic carbocycles. The molecule has 0 saturated heterocycles. The lowest BCUT2D eigenvalue weighted by Gasteiger charge is -2.18. The van der Waals surface area contributed by atoms with Gasteiger partial charge in [-0.05, 0) is 30.7 Å². The van der Waals surface area contributed by atoms with Gasteiger partial charge in [-0.25, -0.2) is 4.99 Å². The van der Waals surface area contributed by atoms with Crippen molar-refractivity contribution >= 4 is 5.96 Å². The minimum Gasteiger partial charge on any atom is -0.370 e. The van der Waals surface area contributed by atoms with Crippen molar-refractivity contribution in [2.24, 2.45) is 16.6 Å². The highest BCUT2D eigenvalue weighted by atomic mass is 15.1. The third-order valence-corrected chi connectivity index (χ3v) is 3.22. The van der Waals surface area contributed by atoms with Crippen molar-refractivity contribution in [1.29, 1.82) is 0 Å². The smallest absolute Gasteiger partial charge is 0.188 e. The fourth-order valence-corrected chi connectivity index (χ4v) is 2.11. The zero-order chi connectivity index (χ0) is 12.6. The van der Waals surface area contributed by atoms with Crippen LogP contribution in [0.25, 0.3) is 0 Å². The molecule has 0 spiro atoms. The molecule has 3 nitrogen and oxygen atoms in total. The summed E-state index contributed by atoms with van der Waals surface area (Å²) in [6, 6.07) is 10.2. The van der Waals surface area contributed by atoms with Crippen LogP contribution in [0.2, 0.25) is 0 Å². The molecular weight excluding hydrogens is 222 g/mol. The van der Waals surface area contributed by atoms with Crippen molar-refractivity contribution in [2.45, 2.75) is 25.8 Å². The summed E-state index contributed by atoms with van der Waals surface area (Å²) in [4.78, 5) is 4.34. The first kappa shape index (κ1) is 12.7. The molecule has 1 aromatic rings. The Morgan fingerprint density at radius 2 is 2.11 bits per heavy atom. The van der Waals surface area contributed by atoms with Crippen molar-refractivity contribution in [2.75, 3.05) is 6.54 Å². The normalized spacial score (nSPS) is 19.8. The molecule has 0 aromatic heterocycles. The van der Waals surface area contributed by atoms with E-state index in [1.165, 1.54) is 18.4 Å². The van der Waals surface area contributed by atoms with E-state index in [0.29, 0.717) is 18.4 Å². The van der Waals surface area contributed by atoms with Gasteiger partial charge >= 0.3 is 0 Å². The standard InChI is InChI=1S/C15H21N3/c16-15(17-11-13-7-3-1-4-8-13)18-12-14-9-5-2-6-10-14/h1-5,7-8,14H,6,9-12H2,(H3,16,17,18)/t14-/m0/s1. The van der Waals surface area contributed by atoms with Crippen LogP contribution in [-0.2, 0) is 6.54 Å². The molecule has 1 aliphatic rings. The van der Waals surface area contributed by atoms with Crippen molar-refractivity contribution in [3.63, 3.8) is 0 Å². The van der Waals surface area contributed by atoms with Gasteiger partial charge in [0.25, 0.3) is 0 Å². The average Bonchev–Trinajstić information content (AvgIpc) is 2.45. The van der Waals surface area contributed by atoms with Gasteiger partial charge < -0.3 is 11.1 Å². The summed E-state index contributed by atoms with van der Waals surface area (Å²) in [5.41, 5.74) is 7.04. The Morgan fingerprint density at radius 3 is 2.83 bits per heavy atom. The average molecular weight is 243 g/mol. The summed E-state index contributed by atoms with van der Waals surface area (Å²) < 4.78 is 0. The summed E-state index contributed by atoms with van der Waals surface area (Å²) in [6.45, 7) is 1.57. The van der Waals surface area contributed by atoms with Gasteiger partial charge in [0.05, 0.1) is 6.54 Å². The van der Waals surface area contributed by atoms with Crippen LogP contribution >= 0.6 is 0 Å². The number of allylic oxidation sites excluding steroid dienone is 2. The minimum absolute atomic E-state index is 0.549. The monoisotopic (exact) mass is 243 g/mol. The van der Waals surface area contributed by atoms with Crippen LogP contribution in [0.4, 0.5) is 0 Å². The second kappa shape index (κ2) is 6.84. The quantitative estimate of drug-likeness (QED) is 0.485. The van der Waals surface area contributed by atoms with Crippen LogP contribution in [0.1, 0.15) is 24.8 Å². The molecule has 3 N–H and O–H groups in total. The van der Waals surface area contributed by atoms with Crippen molar-refractivity contribution in [3.05, 3.63) is 48.0 Å². The lowest BCUT2D eigenvalue weighted by Crippen LogP contribution is -2.35. The third kappa shape index (κ3) is 4.24. The molecule has 0 saturated carbocycles. The Labute approximate surface area is 109 Å². The first-order valence-corrected chi connectivity index (χ1v) is 6.57. The van der Waals surface area contributed by atoms with E-state index in [1.54, 1.807) is 0 Å². The molecule has 0 amide bonds. The summed E-state index contributed by atoms with van der Waals surface area (Å²) >= 11 is 0. The molecule has 0 unspecified atom stereocenters. The van der Waals surface area contributed by atoms with Crippen LogP contribution < -0.4 is 11.1 Å². The molecular formula is C15H21N3. The molecule has 2 rings (SSSR count). The highest BCUT2D eigenvalue weighted by molar-refractivity contribution is 5.77. The number of nitrogens with two attached hydrogens (primary N) is 1. The fourth-order valence-electron chi connectivity index (χ4n) is 2.11. The number of benzene rings is 1. The molecule has 0 heterocycles. The molecule has 0 bridgehead atoms. The van der Waals surface area contributed by atoms with Gasteiger partial charge in [-0.2, -0.15) is 0 Å². The second-order valence-electron chi connectivity index (χ2n) is 4.72. The van der Waals surface area contributed by atoms with Gasteiger partial charge in [-0.3, -0.25) is 0 Å². The van der Waals surface area contributed by atoms with Gasteiger partial charge in [-0.1, -0.05) is 42.5 Å². The highest BCUT2D eigenvalue weighted by Gasteiger charge is 2.09. The Balaban J connectivity index is 1.73. The predicted molar refractivity (Wildman–Crippen MR) is 76.3 cm³/mol. The number of aliphatic imine (C=N–C) groups is 1. The lowest BCUT2D eigenvalue weighted by molar-refractivity contribution is 0.471. The van der Waals surface area contributed by atoms with E-state index in [0.717, 1.165) is 13.0 Å². The minimum atomic E-state index is 0.549. The first-order chi connectivity index (χ1) is 8.84. The first-order valence-electron chi connectivity index (χ1n) is 6.57. The summed E-state index contributed by atoms with van der Waals surface area (Å²) in [7, 11) is 0. The van der Waals surface area contributed by atoms with Gasteiger partial charge in [-0.15, -0.1) is 0 Å². The van der Waals surface area contributed by atoms with E-state index >= 15 is 0 Å². The van der Waals surface area contributed by atoms with Gasteiger partial charge in [0.2, 0.25) is 0 Å². The number of hydrogen-bond donors (Lipinski definition) is 2. The number of rotatable bonds is 4. The van der Waals surface area contributed by atoms with E-state index in [2.05, 4.69) is 34.6 Å². The van der Waals surface area contributed by atoms with E-state index in [9.17, 15) is 0 Å². The molecule has 18 heavy (non-hydrogen) atoms. The van der Waals surface area contributed by atoms with Crippen molar-refractivity contribution < 1.29 is 0 Å². The number of hydrogen-bond acceptors (Lipinski definition) is 1. The zero-order valence-corrected chi connectivity index (χ0v) is 10.7. The van der Waals surface area contributed by atoms with Crippen LogP contribution in [0.5, 0.6) is 0 Å². The number of nitrogens with zero attached hydrogens (tertiary/aromatic N) is 1. The molecule has 0 fully saturated rings. The van der Waals surface area contributed by atoms with Gasteiger partial charge in [0.15, 0.2) is 5.96 Å². The molecule has 96 valence electrons. The largest absolute Gasteiger partial charge is 0.370 e. The topological polar surface area (TPSA) is 50.4 Å². The molecule has 0 aliphatic heterocycles. The third-order valence-electron chi connectivity index (χ3n) is 3.22. The van der Waals surface area contributed by atoms with Gasteiger partial charge in [0, 0.05) is 6.54 Å². The van der Waals surface area contributed by atoms with Crippen LogP contribution in [0.15, 0.2) is 47.5 Å². The van der Waals surface area contributed by atoms with Crippen LogP contribution in [-0.4, -0.2) is 12.5 Å². The van der Waals surface area contributed by atoms with E-state index in [4.69, 9.17) is 5.73 Å². The Kier molecular flexibility index (Phi) is 4.82. The predicted octanol–water partition coefficient (Wildman–Crippen LogP) is 2.45. The van der Waals surface area contributed by atoms with E-state index in [-0.39, 0.29) is 0 Å². The van der Waals surface area contributed by atoms with Crippen LogP contribution in [0, 0.1) is 5.92 Å². The zero-order valence-electron chi connectivity index (χ0n) is 10.7. The number of nitrogens with one attached hydrogen (secondary N) is 1. The SMILES string of the molecule is NC(=NCc1ccccc1)NC[C@H]1CC=CCC1. The molecule has 1 aliphatic carbocycles. The number of guanidine groups is 1. The fraction of sp³-hybridized carbons (Fsp3) is 0.400. The summed E-state index contributed by atoms with van der Waals surface area (Å²) in [5, 5.41) is 3.22. The van der Waals surface area contributed by atoms with Crippen molar-refractivity contribution in [3.8, 4) is 0 Å². The van der Waals surface area contributed by atoms with Crippen molar-refractivity contribution in [1.82, 2.24) is 5.32 Å². The maximum atomic E-state index is 5.86. The Hall–Kier alpha value is -1.77. The van der Waals surface area contributed by atoms with E-state index < -0.39 is 0 Å². The maximum absolute atomic E-state index is 5.86. The summed E-state index contributed by atoms with van der Waals surface area (Å²) in [6.07, 6.45) is 8.10. The van der Waals surface area contributed by atoms with Gasteiger partial charge in [0.1, 0.15) is 0 Å². The lowest BCUT2D eigenvalue weighted by atomic mass is 9.94. The summed E-state index contributed by atoms with van der Waals surface area (Å²) in [5.74, 6) is 1.24. The maximum Gasteiger partial charge on any atom is 0.188 e. The molecule has 0 radical (unpaired) electrons. The Bertz CT molecular complexity index is 409. The molecule has 1 atom stereocenters. The molecule has 3 heteroatoms. The van der Waals surface area contributed by atoms with Crippen LogP contribution in [0.3, 0.4) is 0 Å².